The quantitative estimate of drug-likeness (QED) is 0.854. The van der Waals surface area contributed by atoms with Gasteiger partial charge >= 0.3 is 0 Å². The van der Waals surface area contributed by atoms with Crippen molar-refractivity contribution in [2.75, 3.05) is 11.9 Å². The Labute approximate surface area is 128 Å². The van der Waals surface area contributed by atoms with Gasteiger partial charge in [0.1, 0.15) is 0 Å². The topological polar surface area (TPSA) is 49.3 Å². The fraction of sp³-hybridized carbons (Fsp3) is 0.235. The Kier molecular flexibility index (Phi) is 5.15. The van der Waals surface area contributed by atoms with Crippen molar-refractivity contribution in [1.29, 1.82) is 0 Å². The van der Waals surface area contributed by atoms with Gasteiger partial charge in [-0.2, -0.15) is 0 Å². The number of hydrogen-bond acceptors (Lipinski definition) is 3. The van der Waals surface area contributed by atoms with Gasteiger partial charge in [0.25, 0.3) is 5.91 Å². The minimum absolute atomic E-state index is 0.0540. The predicted octanol–water partition coefficient (Wildman–Crippen LogP) is 3.35. The molecule has 0 saturated heterocycles. The molecule has 4 heteroatoms. The number of carbonyl (C=O) groups excluding carboxylic acids is 1. The molecular formula is C17H17NO2S. The summed E-state index contributed by atoms with van der Waals surface area (Å²) in [6, 6.07) is 9.52. The van der Waals surface area contributed by atoms with Crippen LogP contribution in [-0.2, 0) is 0 Å². The lowest BCUT2D eigenvalue weighted by atomic mass is 10.1. The number of nitrogens with one attached hydrogen (secondary N) is 1. The minimum atomic E-state index is -0.123. The highest BCUT2D eigenvalue weighted by Gasteiger charge is 2.10. The number of benzene rings is 1. The Hall–Kier alpha value is -2.09. The first-order valence-corrected chi connectivity index (χ1v) is 7.50. The lowest BCUT2D eigenvalue weighted by Gasteiger charge is -2.07. The van der Waals surface area contributed by atoms with Gasteiger partial charge in [-0.3, -0.25) is 4.79 Å². The fourth-order valence-corrected chi connectivity index (χ4v) is 2.65. The molecule has 0 radical (unpaired) electrons. The van der Waals surface area contributed by atoms with Crippen molar-refractivity contribution in [2.24, 2.45) is 0 Å². The highest BCUT2D eigenvalue weighted by molar-refractivity contribution is 7.14. The van der Waals surface area contributed by atoms with E-state index in [4.69, 9.17) is 5.11 Å². The van der Waals surface area contributed by atoms with Gasteiger partial charge in [0.05, 0.1) is 16.4 Å². The van der Waals surface area contributed by atoms with Gasteiger partial charge in [-0.25, -0.2) is 0 Å². The van der Waals surface area contributed by atoms with Crippen molar-refractivity contribution in [2.45, 2.75) is 20.3 Å². The highest BCUT2D eigenvalue weighted by Crippen LogP contribution is 2.20. The van der Waals surface area contributed by atoms with Crippen LogP contribution in [0.5, 0.6) is 0 Å². The Morgan fingerprint density at radius 3 is 2.81 bits per heavy atom. The van der Waals surface area contributed by atoms with E-state index in [2.05, 4.69) is 17.2 Å². The Morgan fingerprint density at radius 1 is 1.29 bits per heavy atom. The van der Waals surface area contributed by atoms with E-state index in [-0.39, 0.29) is 12.5 Å². The minimum Gasteiger partial charge on any atom is -0.395 e. The zero-order valence-corrected chi connectivity index (χ0v) is 12.9. The third kappa shape index (κ3) is 4.19. The summed E-state index contributed by atoms with van der Waals surface area (Å²) in [5, 5.41) is 11.6. The van der Waals surface area contributed by atoms with Gasteiger partial charge in [0.15, 0.2) is 0 Å². The van der Waals surface area contributed by atoms with E-state index < -0.39 is 0 Å². The fourth-order valence-electron chi connectivity index (χ4n) is 1.87. The first kappa shape index (κ1) is 15.3. The molecule has 0 aliphatic carbocycles. The summed E-state index contributed by atoms with van der Waals surface area (Å²) in [7, 11) is 0. The average Bonchev–Trinajstić information content (AvgIpc) is 2.91. The molecule has 0 spiro atoms. The van der Waals surface area contributed by atoms with Gasteiger partial charge in [0.2, 0.25) is 0 Å². The Balaban J connectivity index is 2.09. The van der Waals surface area contributed by atoms with E-state index in [0.29, 0.717) is 11.3 Å². The number of aliphatic hydroxyl groups excluding tert-OH is 1. The first-order valence-electron chi connectivity index (χ1n) is 6.68. The van der Waals surface area contributed by atoms with Gasteiger partial charge in [-0.15, -0.1) is 11.3 Å². The summed E-state index contributed by atoms with van der Waals surface area (Å²) < 4.78 is 0. The molecule has 0 unspecified atom stereocenters. The summed E-state index contributed by atoms with van der Waals surface area (Å²) in [4.78, 5) is 13.7. The maximum atomic E-state index is 12.2. The van der Waals surface area contributed by atoms with Crippen LogP contribution < -0.4 is 5.32 Å². The lowest BCUT2D eigenvalue weighted by Crippen LogP contribution is -2.11. The number of aliphatic hydroxyl groups is 1. The number of carbonyl (C=O) groups is 1. The van der Waals surface area contributed by atoms with Crippen molar-refractivity contribution >= 4 is 22.9 Å². The Morgan fingerprint density at radius 2 is 2.10 bits per heavy atom. The van der Waals surface area contributed by atoms with Gasteiger partial charge in [0, 0.05) is 12.1 Å². The highest BCUT2D eigenvalue weighted by atomic mass is 32.1. The summed E-state index contributed by atoms with van der Waals surface area (Å²) in [6.07, 6.45) is 0.446. The predicted molar refractivity (Wildman–Crippen MR) is 86.8 cm³/mol. The second kappa shape index (κ2) is 7.07. The number of rotatable bonds is 3. The van der Waals surface area contributed by atoms with E-state index >= 15 is 0 Å². The van der Waals surface area contributed by atoms with Crippen molar-refractivity contribution in [3.8, 4) is 11.8 Å². The maximum Gasteiger partial charge on any atom is 0.265 e. The lowest BCUT2D eigenvalue weighted by molar-refractivity contribution is 0.103. The van der Waals surface area contributed by atoms with Gasteiger partial charge < -0.3 is 10.4 Å². The van der Waals surface area contributed by atoms with Gasteiger partial charge in [-0.1, -0.05) is 29.5 Å². The molecule has 0 bridgehead atoms. The second-order valence-corrected chi connectivity index (χ2v) is 5.80. The van der Waals surface area contributed by atoms with Crippen LogP contribution >= 0.6 is 11.3 Å². The second-order valence-electron chi connectivity index (χ2n) is 4.71. The van der Waals surface area contributed by atoms with Crippen LogP contribution in [0.25, 0.3) is 0 Å². The molecule has 0 saturated carbocycles. The van der Waals surface area contributed by atoms with Crippen LogP contribution in [0.4, 0.5) is 5.69 Å². The van der Waals surface area contributed by atoms with Crippen molar-refractivity contribution in [3.05, 3.63) is 51.2 Å². The maximum absolute atomic E-state index is 12.2. The van der Waals surface area contributed by atoms with Crippen LogP contribution in [-0.4, -0.2) is 17.6 Å². The van der Waals surface area contributed by atoms with Gasteiger partial charge in [-0.05, 0) is 37.6 Å². The zero-order valence-electron chi connectivity index (χ0n) is 12.1. The third-order valence-electron chi connectivity index (χ3n) is 2.91. The molecule has 3 nitrogen and oxygen atoms in total. The van der Waals surface area contributed by atoms with Crippen molar-refractivity contribution in [3.63, 3.8) is 0 Å². The number of anilines is 1. The van der Waals surface area contributed by atoms with E-state index in [1.54, 1.807) is 6.07 Å². The first-order chi connectivity index (χ1) is 10.1. The zero-order chi connectivity index (χ0) is 15.2. The molecule has 2 rings (SSSR count). The van der Waals surface area contributed by atoms with E-state index in [9.17, 15) is 4.79 Å². The standard InChI is InChI=1S/C17H17NO2S/c1-12-6-8-15(13(2)11-12)18-17(20)16-9-7-14(21-16)5-3-4-10-19/h6-9,11,19H,4,10H2,1-2H3,(H,18,20). The number of aryl methyl sites for hydroxylation is 2. The van der Waals surface area contributed by atoms with Crippen LogP contribution in [0.2, 0.25) is 0 Å². The SMILES string of the molecule is Cc1ccc(NC(=O)c2ccc(C#CCCO)s2)c(C)c1. The monoisotopic (exact) mass is 299 g/mol. The molecule has 0 fully saturated rings. The van der Waals surface area contributed by atoms with E-state index in [0.717, 1.165) is 16.1 Å². The molecule has 1 aromatic heterocycles. The molecular weight excluding hydrogens is 282 g/mol. The summed E-state index contributed by atoms with van der Waals surface area (Å²) in [5.41, 5.74) is 3.04. The van der Waals surface area contributed by atoms with E-state index in [1.165, 1.54) is 16.9 Å². The number of hydrogen-bond donors (Lipinski definition) is 2. The normalized spacial score (nSPS) is 9.86. The van der Waals surface area contributed by atoms with Crippen LogP contribution in [0.1, 0.15) is 32.1 Å². The smallest absolute Gasteiger partial charge is 0.265 e. The van der Waals surface area contributed by atoms with Crippen LogP contribution in [0, 0.1) is 25.7 Å². The molecule has 0 atom stereocenters. The molecule has 0 aliphatic rings. The van der Waals surface area contributed by atoms with Crippen LogP contribution in [0.15, 0.2) is 30.3 Å². The molecule has 1 heterocycles. The molecule has 1 amide bonds. The van der Waals surface area contributed by atoms with Crippen LogP contribution in [0.3, 0.4) is 0 Å². The largest absolute Gasteiger partial charge is 0.395 e. The Bertz CT molecular complexity index is 707. The van der Waals surface area contributed by atoms with Crippen molar-refractivity contribution < 1.29 is 9.90 Å². The number of thiophene rings is 1. The molecule has 2 N–H and O–H groups in total. The molecule has 108 valence electrons. The molecule has 2 aromatic rings. The average molecular weight is 299 g/mol. The summed E-state index contributed by atoms with van der Waals surface area (Å²) in [6.45, 7) is 4.05. The summed E-state index contributed by atoms with van der Waals surface area (Å²) >= 11 is 1.35. The summed E-state index contributed by atoms with van der Waals surface area (Å²) in [5.74, 6) is 5.66. The molecule has 0 aliphatic heterocycles. The van der Waals surface area contributed by atoms with E-state index in [1.807, 2.05) is 38.1 Å². The van der Waals surface area contributed by atoms with Crippen molar-refractivity contribution in [1.82, 2.24) is 0 Å². The molecule has 21 heavy (non-hydrogen) atoms. The third-order valence-corrected chi connectivity index (χ3v) is 3.91. The number of amides is 1. The molecule has 1 aromatic carbocycles.